The second kappa shape index (κ2) is 6.64. The molecule has 0 radical (unpaired) electrons. The predicted octanol–water partition coefficient (Wildman–Crippen LogP) is 2.19. The summed E-state index contributed by atoms with van der Waals surface area (Å²) < 4.78 is 2.19. The zero-order chi connectivity index (χ0) is 11.9. The molecule has 0 spiro atoms. The summed E-state index contributed by atoms with van der Waals surface area (Å²) in [4.78, 5) is 6.90. The van der Waals surface area contributed by atoms with Gasteiger partial charge in [0.05, 0.1) is 0 Å². The van der Waals surface area contributed by atoms with Gasteiger partial charge in [-0.1, -0.05) is 6.92 Å². The lowest BCUT2D eigenvalue weighted by Crippen LogP contribution is -2.22. The van der Waals surface area contributed by atoms with Crippen LogP contribution in [0, 0.1) is 0 Å². The largest absolute Gasteiger partial charge is 0.356 e. The monoisotopic (exact) mass is 236 g/mol. The van der Waals surface area contributed by atoms with Gasteiger partial charge in [0.2, 0.25) is 5.95 Å². The highest BCUT2D eigenvalue weighted by Gasteiger charge is 2.10. The third kappa shape index (κ3) is 3.73. The van der Waals surface area contributed by atoms with Crippen LogP contribution in [0.15, 0.2) is 12.4 Å². The molecule has 0 bridgehead atoms. The molecule has 1 aromatic heterocycles. The Balaban J connectivity index is 1.65. The number of imidazole rings is 1. The minimum absolute atomic E-state index is 1.02. The lowest BCUT2D eigenvalue weighted by molar-refractivity contribution is 0.337. The van der Waals surface area contributed by atoms with E-state index in [-0.39, 0.29) is 0 Å². The number of aromatic nitrogens is 2. The molecule has 1 fully saturated rings. The molecule has 17 heavy (non-hydrogen) atoms. The van der Waals surface area contributed by atoms with Gasteiger partial charge in [0, 0.05) is 25.5 Å². The third-order valence-corrected chi connectivity index (χ3v) is 3.31. The average molecular weight is 236 g/mol. The molecule has 4 nitrogen and oxygen atoms in total. The Morgan fingerprint density at radius 2 is 2.12 bits per heavy atom. The Morgan fingerprint density at radius 1 is 1.29 bits per heavy atom. The van der Waals surface area contributed by atoms with E-state index in [9.17, 15) is 0 Å². The number of aryl methyl sites for hydroxylation is 1. The van der Waals surface area contributed by atoms with E-state index in [1.807, 2.05) is 12.4 Å². The molecule has 2 rings (SSSR count). The van der Waals surface area contributed by atoms with Gasteiger partial charge in [0.1, 0.15) is 0 Å². The molecule has 1 aromatic rings. The van der Waals surface area contributed by atoms with Crippen LogP contribution in [0.5, 0.6) is 0 Å². The van der Waals surface area contributed by atoms with Gasteiger partial charge in [-0.25, -0.2) is 4.98 Å². The molecule has 0 amide bonds. The number of likely N-dealkylation sites (tertiary alicyclic amines) is 1. The van der Waals surface area contributed by atoms with Crippen molar-refractivity contribution in [3.05, 3.63) is 12.4 Å². The standard InChI is InChI=1S/C13H24N4/c1-2-8-17-12-7-15-13(17)14-6-5-11-16-9-3-4-10-16/h7,12H,2-6,8-11H2,1H3,(H,14,15). The zero-order valence-electron chi connectivity index (χ0n) is 10.9. The Hall–Kier alpha value is -1.03. The van der Waals surface area contributed by atoms with Gasteiger partial charge in [0.15, 0.2) is 0 Å². The van der Waals surface area contributed by atoms with Crippen molar-refractivity contribution in [3.63, 3.8) is 0 Å². The number of hydrogen-bond acceptors (Lipinski definition) is 3. The maximum atomic E-state index is 4.34. The van der Waals surface area contributed by atoms with Crippen molar-refractivity contribution >= 4 is 5.95 Å². The van der Waals surface area contributed by atoms with E-state index >= 15 is 0 Å². The molecule has 0 saturated carbocycles. The third-order valence-electron chi connectivity index (χ3n) is 3.31. The van der Waals surface area contributed by atoms with Crippen molar-refractivity contribution in [2.75, 3.05) is 31.5 Å². The van der Waals surface area contributed by atoms with Crippen molar-refractivity contribution in [2.24, 2.45) is 0 Å². The summed E-state index contributed by atoms with van der Waals surface area (Å²) in [6, 6.07) is 0. The Kier molecular flexibility index (Phi) is 4.86. The number of nitrogens with one attached hydrogen (secondary N) is 1. The van der Waals surface area contributed by atoms with Crippen molar-refractivity contribution < 1.29 is 0 Å². The van der Waals surface area contributed by atoms with Gasteiger partial charge in [0.25, 0.3) is 0 Å². The second-order valence-corrected chi connectivity index (χ2v) is 4.77. The summed E-state index contributed by atoms with van der Waals surface area (Å²) in [5.74, 6) is 1.02. The highest BCUT2D eigenvalue weighted by molar-refractivity contribution is 5.25. The molecule has 0 unspecified atom stereocenters. The van der Waals surface area contributed by atoms with E-state index in [1.165, 1.54) is 38.9 Å². The molecule has 0 aliphatic carbocycles. The van der Waals surface area contributed by atoms with Crippen LogP contribution in [-0.4, -0.2) is 40.6 Å². The van der Waals surface area contributed by atoms with Crippen LogP contribution in [-0.2, 0) is 6.54 Å². The van der Waals surface area contributed by atoms with Crippen LogP contribution >= 0.6 is 0 Å². The fraction of sp³-hybridized carbons (Fsp3) is 0.769. The van der Waals surface area contributed by atoms with Crippen molar-refractivity contribution in [1.82, 2.24) is 14.5 Å². The first-order chi connectivity index (χ1) is 8.40. The normalized spacial score (nSPS) is 16.5. The molecular weight excluding hydrogens is 212 g/mol. The lowest BCUT2D eigenvalue weighted by atomic mass is 10.4. The number of hydrogen-bond donors (Lipinski definition) is 1. The van der Waals surface area contributed by atoms with Crippen LogP contribution in [0.25, 0.3) is 0 Å². The topological polar surface area (TPSA) is 33.1 Å². The van der Waals surface area contributed by atoms with E-state index in [0.29, 0.717) is 0 Å². The molecular formula is C13H24N4. The van der Waals surface area contributed by atoms with Gasteiger partial charge < -0.3 is 14.8 Å². The van der Waals surface area contributed by atoms with Crippen molar-refractivity contribution in [1.29, 1.82) is 0 Å². The molecule has 1 aliphatic rings. The smallest absolute Gasteiger partial charge is 0.202 e. The molecule has 0 aromatic carbocycles. The van der Waals surface area contributed by atoms with Gasteiger partial charge in [-0.05, 0) is 45.3 Å². The maximum absolute atomic E-state index is 4.34. The van der Waals surface area contributed by atoms with E-state index in [2.05, 4.69) is 26.7 Å². The molecule has 4 heteroatoms. The molecule has 2 heterocycles. The Morgan fingerprint density at radius 3 is 2.88 bits per heavy atom. The van der Waals surface area contributed by atoms with Crippen LogP contribution in [0.4, 0.5) is 5.95 Å². The first kappa shape index (κ1) is 12.4. The minimum Gasteiger partial charge on any atom is -0.356 e. The second-order valence-electron chi connectivity index (χ2n) is 4.77. The molecule has 1 aliphatic heterocycles. The van der Waals surface area contributed by atoms with Crippen LogP contribution in [0.2, 0.25) is 0 Å². The first-order valence-corrected chi connectivity index (χ1v) is 6.87. The zero-order valence-corrected chi connectivity index (χ0v) is 10.9. The summed E-state index contributed by atoms with van der Waals surface area (Å²) in [6.07, 6.45) is 9.05. The Bertz CT molecular complexity index is 315. The first-order valence-electron chi connectivity index (χ1n) is 6.87. The number of nitrogens with zero attached hydrogens (tertiary/aromatic N) is 3. The molecule has 96 valence electrons. The molecule has 0 atom stereocenters. The van der Waals surface area contributed by atoms with Gasteiger partial charge in [-0.15, -0.1) is 0 Å². The number of anilines is 1. The quantitative estimate of drug-likeness (QED) is 0.737. The number of rotatable bonds is 7. The van der Waals surface area contributed by atoms with E-state index < -0.39 is 0 Å². The van der Waals surface area contributed by atoms with Crippen LogP contribution in [0.1, 0.15) is 32.6 Å². The molecule has 1 N–H and O–H groups in total. The summed E-state index contributed by atoms with van der Waals surface area (Å²) in [5, 5.41) is 3.43. The Labute approximate surface area is 104 Å². The average Bonchev–Trinajstić information content (AvgIpc) is 2.96. The van der Waals surface area contributed by atoms with E-state index in [4.69, 9.17) is 0 Å². The lowest BCUT2D eigenvalue weighted by Gasteiger charge is -2.14. The highest BCUT2D eigenvalue weighted by Crippen LogP contribution is 2.08. The van der Waals surface area contributed by atoms with Crippen molar-refractivity contribution in [2.45, 2.75) is 39.2 Å². The predicted molar refractivity (Wildman–Crippen MR) is 71.3 cm³/mol. The van der Waals surface area contributed by atoms with Crippen LogP contribution < -0.4 is 5.32 Å². The summed E-state index contributed by atoms with van der Waals surface area (Å²) in [6.45, 7) is 8.08. The summed E-state index contributed by atoms with van der Waals surface area (Å²) in [7, 11) is 0. The SMILES string of the molecule is CCCn1ccnc1NCCCN1CCCC1. The highest BCUT2D eigenvalue weighted by atomic mass is 15.2. The van der Waals surface area contributed by atoms with E-state index in [0.717, 1.165) is 25.5 Å². The summed E-state index contributed by atoms with van der Waals surface area (Å²) in [5.41, 5.74) is 0. The molecule has 1 saturated heterocycles. The van der Waals surface area contributed by atoms with Gasteiger partial charge in [-0.3, -0.25) is 0 Å². The van der Waals surface area contributed by atoms with E-state index in [1.54, 1.807) is 0 Å². The van der Waals surface area contributed by atoms with Gasteiger partial charge in [-0.2, -0.15) is 0 Å². The summed E-state index contributed by atoms with van der Waals surface area (Å²) >= 11 is 0. The fourth-order valence-corrected chi connectivity index (χ4v) is 2.41. The van der Waals surface area contributed by atoms with Crippen molar-refractivity contribution in [3.8, 4) is 0 Å². The maximum Gasteiger partial charge on any atom is 0.202 e. The fourth-order valence-electron chi connectivity index (χ4n) is 2.41. The van der Waals surface area contributed by atoms with Crippen LogP contribution in [0.3, 0.4) is 0 Å². The van der Waals surface area contributed by atoms with Gasteiger partial charge >= 0.3 is 0 Å². The minimum atomic E-state index is 1.02.